The normalized spacial score (nSPS) is 17.7. The van der Waals surface area contributed by atoms with Gasteiger partial charge in [-0.2, -0.15) is 9.36 Å². The van der Waals surface area contributed by atoms with Crippen LogP contribution in [0.15, 0.2) is 16.0 Å². The van der Waals surface area contributed by atoms with Crippen molar-refractivity contribution in [2.45, 2.75) is 25.7 Å². The molecule has 2 aromatic rings. The van der Waals surface area contributed by atoms with Crippen molar-refractivity contribution in [3.63, 3.8) is 0 Å². The molecule has 8 heteroatoms. The summed E-state index contributed by atoms with van der Waals surface area (Å²) in [7, 11) is 0. The van der Waals surface area contributed by atoms with Crippen LogP contribution in [0.25, 0.3) is 11.5 Å². The van der Waals surface area contributed by atoms with Gasteiger partial charge in [0.15, 0.2) is 0 Å². The minimum atomic E-state index is -2.25. The van der Waals surface area contributed by atoms with Crippen molar-refractivity contribution in [3.8, 4) is 11.5 Å². The van der Waals surface area contributed by atoms with E-state index >= 15 is 0 Å². The van der Waals surface area contributed by atoms with Crippen LogP contribution >= 0.6 is 11.5 Å². The van der Waals surface area contributed by atoms with E-state index < -0.39 is 6.43 Å². The quantitative estimate of drug-likeness (QED) is 0.849. The molecule has 114 valence electrons. The number of likely N-dealkylation sites (tertiary alicyclic amines) is 1. The lowest BCUT2D eigenvalue weighted by Crippen LogP contribution is -2.37. The fourth-order valence-electron chi connectivity index (χ4n) is 2.58. The third-order valence-corrected chi connectivity index (χ3v) is 4.26. The van der Waals surface area contributed by atoms with Gasteiger partial charge in [-0.1, -0.05) is 5.16 Å². The summed E-state index contributed by atoms with van der Waals surface area (Å²) >= 11 is 1.35. The fourth-order valence-corrected chi connectivity index (χ4v) is 3.09. The van der Waals surface area contributed by atoms with E-state index in [9.17, 15) is 8.78 Å². The first-order chi connectivity index (χ1) is 10.2. The second-order valence-electron chi connectivity index (χ2n) is 5.24. The number of halogens is 2. The van der Waals surface area contributed by atoms with E-state index in [0.29, 0.717) is 37.1 Å². The second-order valence-corrected chi connectivity index (χ2v) is 5.90. The fraction of sp³-hybridized carbons (Fsp3) is 0.615. The van der Waals surface area contributed by atoms with Gasteiger partial charge in [0.05, 0.1) is 6.54 Å². The largest absolute Gasteiger partial charge is 0.339 e. The Morgan fingerprint density at radius 2 is 2.19 bits per heavy atom. The highest BCUT2D eigenvalue weighted by molar-refractivity contribution is 7.03. The average Bonchev–Trinajstić information content (AvgIpc) is 3.11. The van der Waals surface area contributed by atoms with E-state index in [1.807, 2.05) is 16.3 Å². The molecule has 0 bridgehead atoms. The summed E-state index contributed by atoms with van der Waals surface area (Å²) in [6.45, 7) is 1.30. The molecule has 5 nitrogen and oxygen atoms in total. The number of nitrogens with zero attached hydrogens (tertiary/aromatic N) is 4. The molecule has 0 aromatic carbocycles. The number of rotatable bonds is 5. The summed E-state index contributed by atoms with van der Waals surface area (Å²) in [5, 5.41) is 5.79. The van der Waals surface area contributed by atoms with Crippen LogP contribution in [-0.4, -0.2) is 45.5 Å². The van der Waals surface area contributed by atoms with Crippen LogP contribution < -0.4 is 0 Å². The topological polar surface area (TPSA) is 55.1 Å². The highest BCUT2D eigenvalue weighted by Crippen LogP contribution is 2.23. The third-order valence-electron chi connectivity index (χ3n) is 3.70. The number of aromatic nitrogens is 3. The van der Waals surface area contributed by atoms with Gasteiger partial charge in [0, 0.05) is 11.8 Å². The maximum Gasteiger partial charge on any atom is 0.251 e. The van der Waals surface area contributed by atoms with Crippen molar-refractivity contribution < 1.29 is 13.3 Å². The monoisotopic (exact) mass is 314 g/mol. The molecule has 1 saturated heterocycles. The van der Waals surface area contributed by atoms with E-state index in [4.69, 9.17) is 4.52 Å². The molecule has 1 fully saturated rings. The molecule has 1 aliphatic heterocycles. The Morgan fingerprint density at radius 3 is 2.86 bits per heavy atom. The van der Waals surface area contributed by atoms with Crippen molar-refractivity contribution in [2.75, 3.05) is 19.6 Å². The number of hydrogen-bond donors (Lipinski definition) is 0. The van der Waals surface area contributed by atoms with Crippen LogP contribution in [0.1, 0.15) is 18.7 Å². The Kier molecular flexibility index (Phi) is 4.54. The van der Waals surface area contributed by atoms with Crippen LogP contribution in [0.2, 0.25) is 0 Å². The minimum absolute atomic E-state index is 0.124. The molecule has 0 spiro atoms. The number of piperidine rings is 1. The molecule has 0 saturated carbocycles. The van der Waals surface area contributed by atoms with Gasteiger partial charge in [0.2, 0.25) is 11.7 Å². The van der Waals surface area contributed by atoms with Gasteiger partial charge < -0.3 is 4.52 Å². The first kappa shape index (κ1) is 14.5. The predicted octanol–water partition coefficient (Wildman–Crippen LogP) is 2.71. The van der Waals surface area contributed by atoms with Crippen LogP contribution in [0, 0.1) is 5.92 Å². The van der Waals surface area contributed by atoms with Gasteiger partial charge >= 0.3 is 0 Å². The lowest BCUT2D eigenvalue weighted by molar-refractivity contribution is 0.0681. The highest BCUT2D eigenvalue weighted by Gasteiger charge is 2.23. The van der Waals surface area contributed by atoms with Gasteiger partial charge in [-0.05, 0) is 49.4 Å². The maximum atomic E-state index is 12.3. The van der Waals surface area contributed by atoms with Crippen LogP contribution in [0.3, 0.4) is 0 Å². The predicted molar refractivity (Wildman–Crippen MR) is 74.3 cm³/mol. The van der Waals surface area contributed by atoms with Crippen LogP contribution in [0.5, 0.6) is 0 Å². The van der Waals surface area contributed by atoms with Gasteiger partial charge in [-0.3, -0.25) is 4.90 Å². The summed E-state index contributed by atoms with van der Waals surface area (Å²) in [6, 6.07) is 1.85. The summed E-state index contributed by atoms with van der Waals surface area (Å²) in [5.41, 5.74) is 0.724. The lowest BCUT2D eigenvalue weighted by Gasteiger charge is -2.30. The molecule has 1 aliphatic rings. The first-order valence-corrected chi connectivity index (χ1v) is 7.78. The molecule has 2 aromatic heterocycles. The van der Waals surface area contributed by atoms with Gasteiger partial charge in [0.1, 0.15) is 5.69 Å². The van der Waals surface area contributed by atoms with E-state index in [-0.39, 0.29) is 6.54 Å². The maximum absolute atomic E-state index is 12.3. The van der Waals surface area contributed by atoms with Crippen LogP contribution in [0.4, 0.5) is 8.78 Å². The zero-order chi connectivity index (χ0) is 14.7. The Hall–Kier alpha value is -1.41. The van der Waals surface area contributed by atoms with Crippen molar-refractivity contribution in [1.82, 2.24) is 19.4 Å². The minimum Gasteiger partial charge on any atom is -0.339 e. The van der Waals surface area contributed by atoms with Crippen molar-refractivity contribution >= 4 is 11.5 Å². The van der Waals surface area contributed by atoms with E-state index in [0.717, 1.165) is 18.5 Å². The van der Waals surface area contributed by atoms with Crippen LogP contribution in [-0.2, 0) is 6.42 Å². The molecule has 3 heterocycles. The summed E-state index contributed by atoms with van der Waals surface area (Å²) in [4.78, 5) is 6.16. The average molecular weight is 314 g/mol. The Balaban J connectivity index is 1.52. The van der Waals surface area contributed by atoms with E-state index in [2.05, 4.69) is 14.5 Å². The SMILES string of the molecule is FC(F)CN1CCC(Cc2nc(-c3ccsn3)no2)CC1. The molecule has 0 radical (unpaired) electrons. The second kappa shape index (κ2) is 6.57. The summed E-state index contributed by atoms with van der Waals surface area (Å²) < 4.78 is 34.1. The van der Waals surface area contributed by atoms with E-state index in [1.165, 1.54) is 11.5 Å². The molecule has 0 N–H and O–H groups in total. The smallest absolute Gasteiger partial charge is 0.251 e. The number of alkyl halides is 2. The van der Waals surface area contributed by atoms with Gasteiger partial charge in [-0.25, -0.2) is 8.78 Å². The zero-order valence-electron chi connectivity index (χ0n) is 11.4. The molecule has 0 amide bonds. The first-order valence-electron chi connectivity index (χ1n) is 6.94. The van der Waals surface area contributed by atoms with E-state index in [1.54, 1.807) is 0 Å². The van der Waals surface area contributed by atoms with Crippen molar-refractivity contribution in [2.24, 2.45) is 5.92 Å². The lowest BCUT2D eigenvalue weighted by atomic mass is 9.93. The van der Waals surface area contributed by atoms with Gasteiger partial charge in [-0.15, -0.1) is 0 Å². The van der Waals surface area contributed by atoms with Crippen molar-refractivity contribution in [1.29, 1.82) is 0 Å². The van der Waals surface area contributed by atoms with Gasteiger partial charge in [0.25, 0.3) is 6.43 Å². The molecule has 0 aliphatic carbocycles. The Morgan fingerprint density at radius 1 is 1.38 bits per heavy atom. The summed E-state index contributed by atoms with van der Waals surface area (Å²) in [5.74, 6) is 1.54. The molecule has 3 rings (SSSR count). The third kappa shape index (κ3) is 3.82. The van der Waals surface area contributed by atoms with Crippen molar-refractivity contribution in [3.05, 3.63) is 17.3 Å². The standard InChI is InChI=1S/C13H16F2N4OS/c14-11(15)8-19-4-1-9(2-5-19)7-12-16-13(17-20-12)10-3-6-21-18-10/h3,6,9,11H,1-2,4-5,7-8H2. The molecule has 0 unspecified atom stereocenters. The molecular weight excluding hydrogens is 298 g/mol. The summed E-state index contributed by atoms with van der Waals surface area (Å²) in [6.07, 6.45) is 0.236. The highest BCUT2D eigenvalue weighted by atomic mass is 32.1. The molecule has 0 atom stereocenters. The zero-order valence-corrected chi connectivity index (χ0v) is 12.2. The molecule has 21 heavy (non-hydrogen) atoms. The molecular formula is C13H16F2N4OS. The Bertz CT molecular complexity index is 552. The Labute approximate surface area is 125 Å². The number of hydrogen-bond acceptors (Lipinski definition) is 6.